The highest BCUT2D eigenvalue weighted by molar-refractivity contribution is 5.67. The maximum Gasteiger partial charge on any atom is 0.303 e. The number of carbonyl (C=O) groups excluding carboxylic acids is 2. The third kappa shape index (κ3) is 2.68. The molecule has 3 aliphatic rings. The fourth-order valence-corrected chi connectivity index (χ4v) is 5.90. The van der Waals surface area contributed by atoms with Crippen molar-refractivity contribution in [2.24, 2.45) is 22.7 Å². The van der Waals surface area contributed by atoms with Crippen molar-refractivity contribution in [1.29, 1.82) is 0 Å². The Bertz CT molecular complexity index is 525. The molecule has 3 rings (SSSR count). The second-order valence-corrected chi connectivity index (χ2v) is 9.07. The van der Waals surface area contributed by atoms with Crippen LogP contribution in [0.4, 0.5) is 0 Å². The van der Waals surface area contributed by atoms with Gasteiger partial charge < -0.3 is 9.47 Å². The van der Waals surface area contributed by atoms with Crippen molar-refractivity contribution < 1.29 is 19.1 Å². The van der Waals surface area contributed by atoms with Gasteiger partial charge in [0.15, 0.2) is 0 Å². The van der Waals surface area contributed by atoms with Gasteiger partial charge in [-0.05, 0) is 49.9 Å². The van der Waals surface area contributed by atoms with Gasteiger partial charge in [0.2, 0.25) is 0 Å². The van der Waals surface area contributed by atoms with Gasteiger partial charge in [-0.25, -0.2) is 0 Å². The van der Waals surface area contributed by atoms with Crippen LogP contribution in [-0.2, 0) is 19.1 Å². The first-order chi connectivity index (χ1) is 10.6. The van der Waals surface area contributed by atoms with Crippen LogP contribution >= 0.6 is 0 Å². The van der Waals surface area contributed by atoms with Gasteiger partial charge in [-0.3, -0.25) is 9.59 Å². The van der Waals surface area contributed by atoms with E-state index in [1.807, 2.05) is 0 Å². The third-order valence-corrected chi connectivity index (χ3v) is 6.90. The summed E-state index contributed by atoms with van der Waals surface area (Å²) < 4.78 is 11.6. The zero-order valence-corrected chi connectivity index (χ0v) is 15.1. The number of rotatable bonds is 2. The topological polar surface area (TPSA) is 52.6 Å². The number of fused-ring (bicyclic) bond motifs is 4. The van der Waals surface area contributed by atoms with E-state index >= 15 is 0 Å². The van der Waals surface area contributed by atoms with Gasteiger partial charge in [0.05, 0.1) is 0 Å². The van der Waals surface area contributed by atoms with Gasteiger partial charge in [0.1, 0.15) is 11.7 Å². The lowest BCUT2D eigenvalue weighted by atomic mass is 9.49. The van der Waals surface area contributed by atoms with E-state index in [-0.39, 0.29) is 29.1 Å². The Morgan fingerprint density at radius 2 is 1.65 bits per heavy atom. The zero-order chi connectivity index (χ0) is 17.0. The monoisotopic (exact) mass is 322 g/mol. The van der Waals surface area contributed by atoms with E-state index in [0.29, 0.717) is 17.3 Å². The van der Waals surface area contributed by atoms with Gasteiger partial charge in [-0.15, -0.1) is 0 Å². The molecule has 0 spiro atoms. The maximum atomic E-state index is 11.8. The van der Waals surface area contributed by atoms with Gasteiger partial charge in [-0.1, -0.05) is 20.8 Å². The van der Waals surface area contributed by atoms with E-state index in [2.05, 4.69) is 20.8 Å². The molecule has 4 heteroatoms. The highest BCUT2D eigenvalue weighted by Crippen LogP contribution is 2.66. The molecule has 0 unspecified atom stereocenters. The summed E-state index contributed by atoms with van der Waals surface area (Å²) in [5.41, 5.74) is -0.122. The molecule has 3 fully saturated rings. The van der Waals surface area contributed by atoms with Crippen molar-refractivity contribution in [3.05, 3.63) is 0 Å². The van der Waals surface area contributed by atoms with Crippen molar-refractivity contribution in [1.82, 2.24) is 0 Å². The first-order valence-electron chi connectivity index (χ1n) is 8.95. The van der Waals surface area contributed by atoms with Crippen LogP contribution < -0.4 is 0 Å². The molecule has 0 aromatic carbocycles. The van der Waals surface area contributed by atoms with E-state index < -0.39 is 0 Å². The summed E-state index contributed by atoms with van der Waals surface area (Å²) in [4.78, 5) is 23.3. The molecule has 2 bridgehead atoms. The SMILES string of the molecule is CC(=O)O[C@H]1CC[C@@]2(OC(C)=O)C[C@]1(C)CC[C@@H]1[C@@H]2CC1(C)C. The Morgan fingerprint density at radius 1 is 0.957 bits per heavy atom. The fourth-order valence-electron chi connectivity index (χ4n) is 5.90. The molecular weight excluding hydrogens is 292 g/mol. The van der Waals surface area contributed by atoms with Gasteiger partial charge in [0, 0.05) is 25.2 Å². The molecule has 0 aliphatic heterocycles. The minimum atomic E-state index is -0.353. The summed E-state index contributed by atoms with van der Waals surface area (Å²) in [7, 11) is 0. The molecule has 3 aliphatic carbocycles. The fraction of sp³-hybridized carbons (Fsp3) is 0.895. The predicted molar refractivity (Wildman–Crippen MR) is 86.6 cm³/mol. The molecule has 0 amide bonds. The number of carbonyl (C=O) groups is 2. The summed E-state index contributed by atoms with van der Waals surface area (Å²) in [5, 5.41) is 0. The number of esters is 2. The first-order valence-corrected chi connectivity index (χ1v) is 8.95. The minimum absolute atomic E-state index is 0.0516. The lowest BCUT2D eigenvalue weighted by Crippen LogP contribution is -2.59. The normalized spacial score (nSPS) is 44.3. The van der Waals surface area contributed by atoms with Crippen LogP contribution in [-0.4, -0.2) is 23.6 Å². The van der Waals surface area contributed by atoms with Crippen molar-refractivity contribution in [3.63, 3.8) is 0 Å². The van der Waals surface area contributed by atoms with Crippen molar-refractivity contribution in [2.45, 2.75) is 84.8 Å². The number of hydrogen-bond donors (Lipinski definition) is 0. The third-order valence-electron chi connectivity index (χ3n) is 6.90. The van der Waals surface area contributed by atoms with Crippen LogP contribution in [0, 0.1) is 22.7 Å². The standard InChI is InChI=1S/C19H30O4/c1-12(20)22-16-7-9-19(23-13(2)21)11-18(16,5)8-6-14-15(19)10-17(14,3)4/h14-16H,6-11H2,1-5H3/t14-,15+,16+,18+,19-/m1/s1. The van der Waals surface area contributed by atoms with Crippen LogP contribution in [0.5, 0.6) is 0 Å². The summed E-state index contributed by atoms with van der Waals surface area (Å²) in [5.74, 6) is 0.675. The molecule has 0 radical (unpaired) electrons. The van der Waals surface area contributed by atoms with Crippen LogP contribution in [0.2, 0.25) is 0 Å². The molecule has 3 saturated carbocycles. The summed E-state index contributed by atoms with van der Waals surface area (Å²) >= 11 is 0. The second-order valence-electron chi connectivity index (χ2n) is 9.07. The van der Waals surface area contributed by atoms with Crippen molar-refractivity contribution >= 4 is 11.9 Å². The molecule has 0 heterocycles. The van der Waals surface area contributed by atoms with Crippen molar-refractivity contribution in [2.75, 3.05) is 0 Å². The Kier molecular flexibility index (Phi) is 3.81. The van der Waals surface area contributed by atoms with E-state index in [1.54, 1.807) is 0 Å². The van der Waals surface area contributed by atoms with E-state index in [4.69, 9.17) is 9.47 Å². The number of hydrogen-bond acceptors (Lipinski definition) is 4. The van der Waals surface area contributed by atoms with Crippen LogP contribution in [0.3, 0.4) is 0 Å². The molecule has 5 atom stereocenters. The summed E-state index contributed by atoms with van der Waals surface area (Å²) in [6.45, 7) is 9.89. The lowest BCUT2D eigenvalue weighted by Gasteiger charge is -2.59. The zero-order valence-electron chi connectivity index (χ0n) is 15.1. The number of ether oxygens (including phenoxy) is 2. The van der Waals surface area contributed by atoms with Crippen molar-refractivity contribution in [3.8, 4) is 0 Å². The molecule has 4 nitrogen and oxygen atoms in total. The van der Waals surface area contributed by atoms with Crippen LogP contribution in [0.15, 0.2) is 0 Å². The largest absolute Gasteiger partial charge is 0.462 e. The average molecular weight is 322 g/mol. The maximum absolute atomic E-state index is 11.8. The van der Waals surface area contributed by atoms with E-state index in [9.17, 15) is 9.59 Å². The van der Waals surface area contributed by atoms with Gasteiger partial charge >= 0.3 is 11.9 Å². The molecule has 130 valence electrons. The summed E-state index contributed by atoms with van der Waals surface area (Å²) in [6.07, 6.45) is 5.69. The molecule has 0 N–H and O–H groups in total. The average Bonchev–Trinajstić information content (AvgIpc) is 2.46. The van der Waals surface area contributed by atoms with E-state index in [1.165, 1.54) is 13.8 Å². The Balaban J connectivity index is 1.94. The van der Waals surface area contributed by atoms with Gasteiger partial charge in [-0.2, -0.15) is 0 Å². The smallest absolute Gasteiger partial charge is 0.303 e. The summed E-state index contributed by atoms with van der Waals surface area (Å²) in [6, 6.07) is 0. The first kappa shape index (κ1) is 16.8. The van der Waals surface area contributed by atoms with Crippen LogP contribution in [0.1, 0.15) is 73.1 Å². The minimum Gasteiger partial charge on any atom is -0.462 e. The Hall–Kier alpha value is -1.06. The second kappa shape index (κ2) is 5.22. The molecule has 23 heavy (non-hydrogen) atoms. The van der Waals surface area contributed by atoms with Gasteiger partial charge in [0.25, 0.3) is 0 Å². The molecule has 0 aromatic rings. The lowest BCUT2D eigenvalue weighted by molar-refractivity contribution is -0.212. The Labute approximate surface area is 139 Å². The van der Waals surface area contributed by atoms with E-state index in [0.717, 1.165) is 38.5 Å². The molecule has 0 saturated heterocycles. The highest BCUT2D eigenvalue weighted by atomic mass is 16.6. The Morgan fingerprint density at radius 3 is 2.22 bits per heavy atom. The van der Waals surface area contributed by atoms with Crippen LogP contribution in [0.25, 0.3) is 0 Å². The molecular formula is C19H30O4. The highest BCUT2D eigenvalue weighted by Gasteiger charge is 2.64. The quantitative estimate of drug-likeness (QED) is 0.724. The predicted octanol–water partition coefficient (Wildman–Crippen LogP) is 3.87. The molecule has 0 aromatic heterocycles.